The van der Waals surface area contributed by atoms with E-state index in [1.807, 2.05) is 20.8 Å². The quantitative estimate of drug-likeness (QED) is 0.586. The molecule has 0 spiro atoms. The van der Waals surface area contributed by atoms with Crippen LogP contribution in [0.15, 0.2) is 24.3 Å². The molecule has 2 rings (SSSR count). The van der Waals surface area contributed by atoms with Gasteiger partial charge in [0.1, 0.15) is 6.04 Å². The maximum absolute atomic E-state index is 12.3. The van der Waals surface area contributed by atoms with Crippen LogP contribution in [0.3, 0.4) is 0 Å². The van der Waals surface area contributed by atoms with Gasteiger partial charge >= 0.3 is 6.03 Å². The highest BCUT2D eigenvalue weighted by Gasteiger charge is 2.44. The summed E-state index contributed by atoms with van der Waals surface area (Å²) in [5.41, 5.74) is 6.41. The Morgan fingerprint density at radius 1 is 1.17 bits per heavy atom. The molecule has 1 atom stereocenters. The van der Waals surface area contributed by atoms with Crippen LogP contribution in [-0.2, 0) is 4.79 Å². The Hall–Kier alpha value is -2.04. The lowest BCUT2D eigenvalue weighted by Crippen LogP contribution is -2.41. The monoisotopic (exact) mass is 247 g/mol. The van der Waals surface area contributed by atoms with Crippen LogP contribution in [0.2, 0.25) is 0 Å². The molecule has 1 saturated heterocycles. The van der Waals surface area contributed by atoms with E-state index in [2.05, 4.69) is 5.32 Å². The molecule has 0 unspecified atom stereocenters. The van der Waals surface area contributed by atoms with E-state index in [0.717, 1.165) is 4.90 Å². The van der Waals surface area contributed by atoms with E-state index in [-0.39, 0.29) is 17.4 Å². The fourth-order valence-electron chi connectivity index (χ4n) is 1.93. The van der Waals surface area contributed by atoms with Gasteiger partial charge in [-0.25, -0.2) is 9.69 Å². The van der Waals surface area contributed by atoms with Gasteiger partial charge in [-0.2, -0.15) is 0 Å². The van der Waals surface area contributed by atoms with Crippen LogP contribution in [0.1, 0.15) is 20.8 Å². The van der Waals surface area contributed by atoms with Gasteiger partial charge in [-0.3, -0.25) is 4.79 Å². The first-order valence-electron chi connectivity index (χ1n) is 5.81. The van der Waals surface area contributed by atoms with Crippen molar-refractivity contribution >= 4 is 23.3 Å². The molecule has 0 bridgehead atoms. The number of urea groups is 1. The number of hydrogen-bond donors (Lipinski definition) is 2. The highest BCUT2D eigenvalue weighted by Crippen LogP contribution is 2.28. The first-order valence-corrected chi connectivity index (χ1v) is 5.81. The molecule has 96 valence electrons. The third-order valence-electron chi connectivity index (χ3n) is 2.96. The van der Waals surface area contributed by atoms with Crippen molar-refractivity contribution in [3.05, 3.63) is 24.3 Å². The van der Waals surface area contributed by atoms with Crippen LogP contribution in [0.25, 0.3) is 0 Å². The van der Waals surface area contributed by atoms with Gasteiger partial charge < -0.3 is 11.1 Å². The number of nitrogens with one attached hydrogen (secondary N) is 1. The molecule has 1 aliphatic heterocycles. The molecule has 5 nitrogen and oxygen atoms in total. The van der Waals surface area contributed by atoms with E-state index in [1.54, 1.807) is 24.3 Å². The summed E-state index contributed by atoms with van der Waals surface area (Å²) in [6, 6.07) is 5.78. The molecule has 3 amide bonds. The van der Waals surface area contributed by atoms with Crippen LogP contribution in [0, 0.1) is 5.41 Å². The predicted molar refractivity (Wildman–Crippen MR) is 70.1 cm³/mol. The van der Waals surface area contributed by atoms with Crippen LogP contribution in [-0.4, -0.2) is 18.0 Å². The van der Waals surface area contributed by atoms with E-state index in [1.165, 1.54) is 0 Å². The normalized spacial score (nSPS) is 20.2. The second-order valence-electron chi connectivity index (χ2n) is 5.51. The number of benzene rings is 1. The Morgan fingerprint density at radius 2 is 1.72 bits per heavy atom. The number of carbonyl (C=O) groups is 2. The summed E-state index contributed by atoms with van der Waals surface area (Å²) in [4.78, 5) is 25.3. The molecule has 1 aromatic rings. The minimum Gasteiger partial charge on any atom is -0.399 e. The maximum Gasteiger partial charge on any atom is 0.329 e. The summed E-state index contributed by atoms with van der Waals surface area (Å²) in [5, 5.41) is 2.71. The SMILES string of the molecule is CC(C)(C)[C@H]1NC(=O)N(c2ccc(N)cc2)C1=O. The van der Waals surface area contributed by atoms with Crippen molar-refractivity contribution in [1.82, 2.24) is 5.32 Å². The molecule has 0 aromatic heterocycles. The van der Waals surface area contributed by atoms with Gasteiger partial charge in [0.05, 0.1) is 5.69 Å². The molecule has 1 aromatic carbocycles. The summed E-state index contributed by atoms with van der Waals surface area (Å²) in [6.07, 6.45) is 0. The van der Waals surface area contributed by atoms with Crippen molar-refractivity contribution in [2.75, 3.05) is 10.6 Å². The molecular formula is C13H17N3O2. The van der Waals surface area contributed by atoms with Crippen LogP contribution in [0.4, 0.5) is 16.2 Å². The van der Waals surface area contributed by atoms with E-state index < -0.39 is 6.04 Å². The number of amides is 3. The smallest absolute Gasteiger partial charge is 0.329 e. The zero-order chi connectivity index (χ0) is 13.5. The summed E-state index contributed by atoms with van der Waals surface area (Å²) in [6.45, 7) is 5.76. The van der Waals surface area contributed by atoms with Crippen LogP contribution < -0.4 is 16.0 Å². The van der Waals surface area contributed by atoms with Gasteiger partial charge in [0.25, 0.3) is 5.91 Å². The zero-order valence-corrected chi connectivity index (χ0v) is 10.7. The minimum absolute atomic E-state index is 0.225. The molecule has 0 radical (unpaired) electrons. The summed E-state index contributed by atoms with van der Waals surface area (Å²) in [7, 11) is 0. The molecule has 0 saturated carbocycles. The van der Waals surface area contributed by atoms with E-state index in [0.29, 0.717) is 11.4 Å². The Bertz CT molecular complexity index is 488. The lowest BCUT2D eigenvalue weighted by molar-refractivity contribution is -0.120. The van der Waals surface area contributed by atoms with Gasteiger partial charge in [-0.05, 0) is 29.7 Å². The third-order valence-corrected chi connectivity index (χ3v) is 2.96. The predicted octanol–water partition coefficient (Wildman–Crippen LogP) is 1.74. The van der Waals surface area contributed by atoms with Gasteiger partial charge in [-0.1, -0.05) is 20.8 Å². The van der Waals surface area contributed by atoms with E-state index in [9.17, 15) is 9.59 Å². The number of nitrogens with two attached hydrogens (primary N) is 1. The number of hydrogen-bond acceptors (Lipinski definition) is 3. The fraction of sp³-hybridized carbons (Fsp3) is 0.385. The number of imide groups is 1. The third kappa shape index (κ3) is 2.03. The first-order chi connectivity index (χ1) is 8.30. The fourth-order valence-corrected chi connectivity index (χ4v) is 1.93. The molecule has 18 heavy (non-hydrogen) atoms. The van der Waals surface area contributed by atoms with Crippen molar-refractivity contribution < 1.29 is 9.59 Å². The van der Waals surface area contributed by atoms with E-state index in [4.69, 9.17) is 5.73 Å². The molecule has 5 heteroatoms. The molecular weight excluding hydrogens is 230 g/mol. The molecule has 1 heterocycles. The van der Waals surface area contributed by atoms with Crippen molar-refractivity contribution in [1.29, 1.82) is 0 Å². The van der Waals surface area contributed by atoms with Crippen molar-refractivity contribution in [2.24, 2.45) is 5.41 Å². The van der Waals surface area contributed by atoms with Crippen molar-refractivity contribution in [3.63, 3.8) is 0 Å². The Balaban J connectivity index is 2.33. The molecule has 0 aliphatic carbocycles. The Morgan fingerprint density at radius 3 is 2.17 bits per heavy atom. The average Bonchev–Trinajstić information content (AvgIpc) is 2.56. The first kappa shape index (κ1) is 12.4. The molecule has 1 aliphatic rings. The Labute approximate surface area is 106 Å². The van der Waals surface area contributed by atoms with Crippen molar-refractivity contribution in [2.45, 2.75) is 26.8 Å². The van der Waals surface area contributed by atoms with Gasteiger partial charge in [0, 0.05) is 5.69 Å². The molecule has 1 fully saturated rings. The second kappa shape index (κ2) is 4.01. The standard InChI is InChI=1S/C13H17N3O2/c1-13(2,3)10-11(17)16(12(18)15-10)9-6-4-8(14)5-7-9/h4-7,10H,14H2,1-3H3,(H,15,18)/t10-/m0/s1. The summed E-state index contributed by atoms with van der Waals surface area (Å²) >= 11 is 0. The summed E-state index contributed by atoms with van der Waals surface area (Å²) < 4.78 is 0. The van der Waals surface area contributed by atoms with Crippen LogP contribution in [0.5, 0.6) is 0 Å². The van der Waals surface area contributed by atoms with Gasteiger partial charge in [0.2, 0.25) is 0 Å². The van der Waals surface area contributed by atoms with Gasteiger partial charge in [0.15, 0.2) is 0 Å². The molecule has 3 N–H and O–H groups in total. The van der Waals surface area contributed by atoms with E-state index >= 15 is 0 Å². The number of carbonyl (C=O) groups excluding carboxylic acids is 2. The zero-order valence-electron chi connectivity index (χ0n) is 10.7. The lowest BCUT2D eigenvalue weighted by atomic mass is 9.87. The number of nitrogen functional groups attached to an aromatic ring is 1. The van der Waals surface area contributed by atoms with Crippen molar-refractivity contribution in [3.8, 4) is 0 Å². The Kier molecular flexibility index (Phi) is 2.77. The average molecular weight is 247 g/mol. The second-order valence-corrected chi connectivity index (χ2v) is 5.51. The number of anilines is 2. The number of rotatable bonds is 1. The lowest BCUT2D eigenvalue weighted by Gasteiger charge is -2.24. The highest BCUT2D eigenvalue weighted by molar-refractivity contribution is 6.21. The summed E-state index contributed by atoms with van der Waals surface area (Å²) in [5.74, 6) is -0.225. The number of nitrogens with zero attached hydrogens (tertiary/aromatic N) is 1. The maximum atomic E-state index is 12.3. The minimum atomic E-state index is -0.498. The highest BCUT2D eigenvalue weighted by atomic mass is 16.2. The van der Waals surface area contributed by atoms with Crippen LogP contribution >= 0.6 is 0 Å². The largest absolute Gasteiger partial charge is 0.399 e. The topological polar surface area (TPSA) is 75.4 Å². The van der Waals surface area contributed by atoms with Gasteiger partial charge in [-0.15, -0.1) is 0 Å².